The van der Waals surface area contributed by atoms with E-state index in [2.05, 4.69) is 37.1 Å². The molecule has 5 nitrogen and oxygen atoms in total. The van der Waals surface area contributed by atoms with Gasteiger partial charge in [0.05, 0.1) is 6.10 Å². The summed E-state index contributed by atoms with van der Waals surface area (Å²) >= 11 is 0. The minimum Gasteiger partial charge on any atom is -0.487 e. The van der Waals surface area contributed by atoms with Crippen LogP contribution in [0.25, 0.3) is 0 Å². The van der Waals surface area contributed by atoms with Crippen LogP contribution in [0.4, 0.5) is 0 Å². The smallest absolute Gasteiger partial charge is 0.161 e. The molecule has 1 aliphatic rings. The molecule has 0 aliphatic carbocycles. The molecule has 1 saturated heterocycles. The summed E-state index contributed by atoms with van der Waals surface area (Å²) in [4.78, 5) is 2.30. The molecule has 0 bridgehead atoms. The molecule has 0 amide bonds. The van der Waals surface area contributed by atoms with Crippen molar-refractivity contribution in [1.29, 1.82) is 0 Å². The molecule has 1 heterocycles. The lowest BCUT2D eigenvalue weighted by Crippen LogP contribution is -2.38. The molecule has 0 aromatic heterocycles. The predicted molar refractivity (Wildman–Crippen MR) is 129 cm³/mol. The maximum atomic E-state index is 10.3. The van der Waals surface area contributed by atoms with E-state index in [-0.39, 0.29) is 13.2 Å². The second kappa shape index (κ2) is 13.8. The van der Waals surface area contributed by atoms with E-state index in [9.17, 15) is 10.2 Å². The zero-order chi connectivity index (χ0) is 22.5. The SMILES string of the molecule is CC[Si](C#CCC(O)COc1ccccc1OCC(O)CN1CCCCC1)(CC)CC. The second-order valence-electron chi connectivity index (χ2n) is 8.58. The molecule has 1 fully saturated rings. The van der Waals surface area contributed by atoms with E-state index in [1.165, 1.54) is 19.3 Å². The number of β-amino-alcohol motifs (C(OH)–C–C–N with tert-alkyl or cyclic N) is 1. The van der Waals surface area contributed by atoms with Crippen molar-refractivity contribution in [2.24, 2.45) is 0 Å². The first-order valence-corrected chi connectivity index (χ1v) is 14.6. The number of nitrogens with zero attached hydrogens (tertiary/aromatic N) is 1. The van der Waals surface area contributed by atoms with Crippen molar-refractivity contribution in [3.05, 3.63) is 24.3 Å². The Labute approximate surface area is 189 Å². The van der Waals surface area contributed by atoms with Gasteiger partial charge in [-0.15, -0.1) is 11.5 Å². The Balaban J connectivity index is 1.81. The normalized spacial score (nSPS) is 16.8. The molecule has 2 rings (SSSR count). The molecule has 2 unspecified atom stereocenters. The molecule has 1 aromatic rings. The summed E-state index contributed by atoms with van der Waals surface area (Å²) in [6, 6.07) is 10.9. The first kappa shape index (κ1) is 25.7. The third-order valence-corrected chi connectivity index (χ3v) is 11.1. The predicted octanol–water partition coefficient (Wildman–Crippen LogP) is 4.09. The Kier molecular flexibility index (Phi) is 11.5. The molecule has 2 N–H and O–H groups in total. The van der Waals surface area contributed by atoms with Crippen LogP contribution in [0.15, 0.2) is 24.3 Å². The Morgan fingerprint density at radius 2 is 1.45 bits per heavy atom. The van der Waals surface area contributed by atoms with Crippen LogP contribution >= 0.6 is 0 Å². The molecule has 31 heavy (non-hydrogen) atoms. The van der Waals surface area contributed by atoms with Gasteiger partial charge in [0, 0.05) is 13.0 Å². The quantitative estimate of drug-likeness (QED) is 0.373. The summed E-state index contributed by atoms with van der Waals surface area (Å²) < 4.78 is 11.7. The molecule has 174 valence electrons. The van der Waals surface area contributed by atoms with E-state index in [0.29, 0.717) is 24.5 Å². The Bertz CT molecular complexity index is 684. The average molecular weight is 448 g/mol. The molecule has 0 radical (unpaired) electrons. The first-order valence-electron chi connectivity index (χ1n) is 11.9. The maximum absolute atomic E-state index is 10.3. The fourth-order valence-electron chi connectivity index (χ4n) is 3.98. The molecular weight excluding hydrogens is 406 g/mol. The summed E-state index contributed by atoms with van der Waals surface area (Å²) in [6.07, 6.45) is 2.94. The highest BCUT2D eigenvalue weighted by atomic mass is 28.3. The third kappa shape index (κ3) is 8.86. The highest BCUT2D eigenvalue weighted by Gasteiger charge is 2.24. The minimum absolute atomic E-state index is 0.171. The summed E-state index contributed by atoms with van der Waals surface area (Å²) in [5.41, 5.74) is 3.51. The van der Waals surface area contributed by atoms with Gasteiger partial charge in [0.15, 0.2) is 11.5 Å². The van der Waals surface area contributed by atoms with E-state index in [4.69, 9.17) is 9.47 Å². The molecular formula is C25H41NO4Si. The van der Waals surface area contributed by atoms with Crippen LogP contribution in [0.1, 0.15) is 46.5 Å². The van der Waals surface area contributed by atoms with Crippen molar-refractivity contribution < 1.29 is 19.7 Å². The van der Waals surface area contributed by atoms with Crippen LogP contribution < -0.4 is 9.47 Å². The van der Waals surface area contributed by atoms with Crippen molar-refractivity contribution in [3.63, 3.8) is 0 Å². The molecule has 1 aliphatic heterocycles. The number of rotatable bonds is 12. The van der Waals surface area contributed by atoms with E-state index in [1.54, 1.807) is 0 Å². The van der Waals surface area contributed by atoms with Gasteiger partial charge in [-0.05, 0) is 56.2 Å². The van der Waals surface area contributed by atoms with E-state index in [0.717, 1.165) is 31.2 Å². The average Bonchev–Trinajstić information content (AvgIpc) is 2.80. The number of aliphatic hydroxyl groups excluding tert-OH is 2. The monoisotopic (exact) mass is 447 g/mol. The lowest BCUT2D eigenvalue weighted by atomic mass is 10.1. The lowest BCUT2D eigenvalue weighted by molar-refractivity contribution is 0.0592. The highest BCUT2D eigenvalue weighted by Crippen LogP contribution is 2.27. The standard InChI is InChI=1S/C25H41NO4Si/c1-4-31(5-2,6-3)18-12-13-22(27)20-29-24-14-8-9-15-25(24)30-21-23(28)19-26-16-10-7-11-17-26/h8-9,14-15,22-23,27-28H,4-7,10-11,13,16-17,19-21H2,1-3H3. The van der Waals surface area contributed by atoms with Gasteiger partial charge in [-0.25, -0.2) is 0 Å². The second-order valence-corrected chi connectivity index (χ2v) is 13.5. The van der Waals surface area contributed by atoms with Gasteiger partial charge in [0.25, 0.3) is 0 Å². The fourth-order valence-corrected chi connectivity index (χ4v) is 6.49. The van der Waals surface area contributed by atoms with E-state index in [1.807, 2.05) is 24.3 Å². The van der Waals surface area contributed by atoms with Crippen LogP contribution in [0.2, 0.25) is 18.1 Å². The summed E-state index contributed by atoms with van der Waals surface area (Å²) in [5.74, 6) is 4.39. The lowest BCUT2D eigenvalue weighted by Gasteiger charge is -2.28. The van der Waals surface area contributed by atoms with E-state index < -0.39 is 20.3 Å². The Morgan fingerprint density at radius 3 is 2.00 bits per heavy atom. The number of hydrogen-bond acceptors (Lipinski definition) is 5. The van der Waals surface area contributed by atoms with Crippen LogP contribution in [-0.4, -0.2) is 68.2 Å². The number of aliphatic hydroxyl groups is 2. The van der Waals surface area contributed by atoms with Gasteiger partial charge in [-0.1, -0.05) is 39.3 Å². The Hall–Kier alpha value is -1.52. The van der Waals surface area contributed by atoms with E-state index >= 15 is 0 Å². The maximum Gasteiger partial charge on any atom is 0.161 e. The molecule has 2 atom stereocenters. The van der Waals surface area contributed by atoms with Crippen LogP contribution in [0, 0.1) is 11.5 Å². The summed E-state index contributed by atoms with van der Waals surface area (Å²) in [7, 11) is -1.48. The third-order valence-electron chi connectivity index (χ3n) is 6.35. The molecule has 6 heteroatoms. The van der Waals surface area contributed by atoms with Gasteiger partial charge >= 0.3 is 0 Å². The van der Waals surface area contributed by atoms with Gasteiger partial charge in [-0.2, -0.15) is 0 Å². The van der Waals surface area contributed by atoms with Crippen molar-refractivity contribution in [2.75, 3.05) is 32.8 Å². The van der Waals surface area contributed by atoms with Crippen molar-refractivity contribution >= 4 is 8.07 Å². The number of hydrogen-bond donors (Lipinski definition) is 2. The van der Waals surface area contributed by atoms with Gasteiger partial charge < -0.3 is 24.6 Å². The van der Waals surface area contributed by atoms with Crippen LogP contribution in [0.3, 0.4) is 0 Å². The van der Waals surface area contributed by atoms with Crippen molar-refractivity contribution in [1.82, 2.24) is 4.90 Å². The number of ether oxygens (including phenoxy) is 2. The van der Waals surface area contributed by atoms with Gasteiger partial charge in [0.1, 0.15) is 27.4 Å². The van der Waals surface area contributed by atoms with Gasteiger partial charge in [-0.3, -0.25) is 0 Å². The van der Waals surface area contributed by atoms with Crippen LogP contribution in [0.5, 0.6) is 11.5 Å². The number of likely N-dealkylation sites (tertiary alicyclic amines) is 1. The van der Waals surface area contributed by atoms with Crippen LogP contribution in [-0.2, 0) is 0 Å². The largest absolute Gasteiger partial charge is 0.487 e. The highest BCUT2D eigenvalue weighted by molar-refractivity contribution is 6.87. The number of para-hydroxylation sites is 2. The molecule has 1 aromatic carbocycles. The van der Waals surface area contributed by atoms with Crippen molar-refractivity contribution in [3.8, 4) is 23.0 Å². The first-order chi connectivity index (χ1) is 15.0. The fraction of sp³-hybridized carbons (Fsp3) is 0.680. The summed E-state index contributed by atoms with van der Waals surface area (Å²) in [6.45, 7) is 9.83. The van der Waals surface area contributed by atoms with Crippen molar-refractivity contribution in [2.45, 2.75) is 76.8 Å². The number of piperidine rings is 1. The minimum atomic E-state index is -1.48. The molecule has 0 saturated carbocycles. The topological polar surface area (TPSA) is 62.2 Å². The number of benzene rings is 1. The summed E-state index contributed by atoms with van der Waals surface area (Å²) in [5, 5.41) is 20.7. The Morgan fingerprint density at radius 1 is 0.903 bits per heavy atom. The zero-order valence-electron chi connectivity index (χ0n) is 19.6. The van der Waals surface area contributed by atoms with Gasteiger partial charge in [0.2, 0.25) is 0 Å². The zero-order valence-corrected chi connectivity index (χ0v) is 20.6. The molecule has 0 spiro atoms.